The smallest absolute Gasteiger partial charge is 0.228 e. The molecule has 0 aromatic carbocycles. The summed E-state index contributed by atoms with van der Waals surface area (Å²) >= 11 is 0. The van der Waals surface area contributed by atoms with Crippen LogP contribution in [0, 0.1) is 0 Å². The van der Waals surface area contributed by atoms with E-state index < -0.39 is 0 Å². The number of rotatable bonds is 4. The molecule has 3 heterocycles. The highest BCUT2D eigenvalue weighted by Gasteiger charge is 2.10. The van der Waals surface area contributed by atoms with Gasteiger partial charge in [0.15, 0.2) is 0 Å². The van der Waals surface area contributed by atoms with Gasteiger partial charge in [0.2, 0.25) is 5.95 Å². The highest BCUT2D eigenvalue weighted by molar-refractivity contribution is 5.73. The molecule has 0 saturated heterocycles. The van der Waals surface area contributed by atoms with Crippen molar-refractivity contribution in [1.29, 1.82) is 0 Å². The molecule has 8 nitrogen and oxygen atoms in total. The maximum atomic E-state index is 5.43. The summed E-state index contributed by atoms with van der Waals surface area (Å²) in [6.45, 7) is 0. The topological polar surface area (TPSA) is 106 Å². The van der Waals surface area contributed by atoms with Crippen molar-refractivity contribution in [2.75, 3.05) is 5.32 Å². The molecular formula is C13H16N8. The van der Waals surface area contributed by atoms with Crippen LogP contribution in [-0.2, 0) is 7.05 Å². The van der Waals surface area contributed by atoms with E-state index >= 15 is 0 Å². The highest BCUT2D eigenvalue weighted by atomic mass is 15.3. The van der Waals surface area contributed by atoms with Gasteiger partial charge in [-0.15, -0.1) is 0 Å². The first-order valence-electron chi connectivity index (χ1n) is 6.45. The number of allylic oxidation sites excluding steroid dienone is 2. The Labute approximate surface area is 121 Å². The summed E-state index contributed by atoms with van der Waals surface area (Å²) in [5.41, 5.74) is 4.43. The molecule has 0 saturated carbocycles. The quantitative estimate of drug-likeness (QED) is 0.471. The molecule has 0 amide bonds. The monoisotopic (exact) mass is 284 g/mol. The Hall–Kier alpha value is -2.71. The van der Waals surface area contributed by atoms with E-state index in [2.05, 4.69) is 31.1 Å². The predicted octanol–water partition coefficient (Wildman–Crippen LogP) is 0.243. The normalized spacial score (nSPS) is 17.2. The van der Waals surface area contributed by atoms with E-state index in [-0.39, 0.29) is 6.17 Å². The summed E-state index contributed by atoms with van der Waals surface area (Å²) in [7, 11) is 1.85. The van der Waals surface area contributed by atoms with Crippen LogP contribution in [0.25, 0.3) is 5.57 Å². The Balaban J connectivity index is 1.85. The first-order chi connectivity index (χ1) is 10.3. The minimum atomic E-state index is -0.117. The number of hydrogen-bond donors (Lipinski definition) is 4. The van der Waals surface area contributed by atoms with Crippen molar-refractivity contribution in [1.82, 2.24) is 30.5 Å². The zero-order valence-electron chi connectivity index (χ0n) is 11.5. The van der Waals surface area contributed by atoms with Crippen LogP contribution in [0.4, 0.5) is 11.8 Å². The third kappa shape index (κ3) is 2.91. The van der Waals surface area contributed by atoms with E-state index in [1.165, 1.54) is 0 Å². The van der Waals surface area contributed by atoms with Crippen molar-refractivity contribution in [2.24, 2.45) is 12.9 Å². The van der Waals surface area contributed by atoms with Gasteiger partial charge in [-0.05, 0) is 24.4 Å². The van der Waals surface area contributed by atoms with Gasteiger partial charge in [0.25, 0.3) is 0 Å². The van der Waals surface area contributed by atoms with Crippen molar-refractivity contribution in [3.63, 3.8) is 0 Å². The van der Waals surface area contributed by atoms with Gasteiger partial charge < -0.3 is 10.6 Å². The highest BCUT2D eigenvalue weighted by Crippen LogP contribution is 2.18. The Morgan fingerprint density at radius 2 is 2.24 bits per heavy atom. The molecule has 8 heteroatoms. The van der Waals surface area contributed by atoms with Gasteiger partial charge >= 0.3 is 0 Å². The van der Waals surface area contributed by atoms with Crippen molar-refractivity contribution >= 4 is 17.3 Å². The standard InChI is InChI=1S/C13H16N8/c1-21-12(4-7-17-21)19-13-16-6-3-10(18-13)9-2-5-15-11(8-9)20-14/h2-8,11,15,20H,14H2,1H3,(H,16,18,19). The second kappa shape index (κ2) is 5.73. The van der Waals surface area contributed by atoms with Crippen LogP contribution in [0.3, 0.4) is 0 Å². The Morgan fingerprint density at radius 3 is 3.00 bits per heavy atom. The van der Waals surface area contributed by atoms with E-state index in [9.17, 15) is 0 Å². The maximum absolute atomic E-state index is 5.43. The van der Waals surface area contributed by atoms with E-state index in [1.807, 2.05) is 37.5 Å². The molecule has 5 N–H and O–H groups in total. The summed E-state index contributed by atoms with van der Waals surface area (Å²) in [6, 6.07) is 3.71. The van der Waals surface area contributed by atoms with Crippen molar-refractivity contribution in [3.8, 4) is 0 Å². The minimum Gasteiger partial charge on any atom is -0.372 e. The molecule has 1 aliphatic rings. The molecule has 0 aliphatic carbocycles. The molecule has 1 unspecified atom stereocenters. The summed E-state index contributed by atoms with van der Waals surface area (Å²) in [4.78, 5) is 8.72. The van der Waals surface area contributed by atoms with Crippen LogP contribution in [-0.4, -0.2) is 25.9 Å². The Morgan fingerprint density at radius 1 is 1.33 bits per heavy atom. The SMILES string of the molecule is Cn1nccc1Nc1nccc(C2=CC(NN)NC=C2)n1. The predicted molar refractivity (Wildman–Crippen MR) is 79.9 cm³/mol. The third-order valence-corrected chi connectivity index (χ3v) is 3.08. The summed E-state index contributed by atoms with van der Waals surface area (Å²) in [5.74, 6) is 6.77. The van der Waals surface area contributed by atoms with Gasteiger partial charge in [-0.1, -0.05) is 0 Å². The van der Waals surface area contributed by atoms with Crippen LogP contribution in [0.5, 0.6) is 0 Å². The fourth-order valence-electron chi connectivity index (χ4n) is 1.98. The molecular weight excluding hydrogens is 268 g/mol. The number of nitrogens with one attached hydrogen (secondary N) is 3. The first kappa shape index (κ1) is 13.3. The largest absolute Gasteiger partial charge is 0.372 e. The van der Waals surface area contributed by atoms with Gasteiger partial charge in [0, 0.05) is 24.9 Å². The van der Waals surface area contributed by atoms with Gasteiger partial charge in [-0.3, -0.25) is 10.5 Å². The second-order valence-electron chi connectivity index (χ2n) is 4.50. The molecule has 21 heavy (non-hydrogen) atoms. The fourth-order valence-corrected chi connectivity index (χ4v) is 1.98. The molecule has 108 valence electrons. The number of nitrogens with two attached hydrogens (primary N) is 1. The van der Waals surface area contributed by atoms with Crippen molar-refractivity contribution in [2.45, 2.75) is 6.17 Å². The number of hydrogen-bond acceptors (Lipinski definition) is 7. The molecule has 0 radical (unpaired) electrons. The van der Waals surface area contributed by atoms with Gasteiger partial charge in [-0.25, -0.2) is 15.4 Å². The van der Waals surface area contributed by atoms with E-state index in [0.717, 1.165) is 17.1 Å². The molecule has 3 rings (SSSR count). The lowest BCUT2D eigenvalue weighted by molar-refractivity contribution is 0.569. The zero-order valence-corrected chi connectivity index (χ0v) is 11.5. The number of anilines is 2. The molecule has 2 aromatic rings. The lowest BCUT2D eigenvalue weighted by atomic mass is 10.1. The first-order valence-corrected chi connectivity index (χ1v) is 6.45. The molecule has 0 fully saturated rings. The van der Waals surface area contributed by atoms with Crippen molar-refractivity contribution < 1.29 is 0 Å². The zero-order chi connectivity index (χ0) is 14.7. The lowest BCUT2D eigenvalue weighted by Gasteiger charge is -2.17. The van der Waals surface area contributed by atoms with E-state index in [0.29, 0.717) is 5.95 Å². The molecule has 0 spiro atoms. The number of aromatic nitrogens is 4. The van der Waals surface area contributed by atoms with Crippen LogP contribution in [0.1, 0.15) is 5.69 Å². The fraction of sp³-hybridized carbons (Fsp3) is 0.154. The Kier molecular flexibility index (Phi) is 3.63. The number of hydrazine groups is 1. The van der Waals surface area contributed by atoms with E-state index in [1.54, 1.807) is 17.1 Å². The lowest BCUT2D eigenvalue weighted by Crippen LogP contribution is -2.43. The summed E-state index contributed by atoms with van der Waals surface area (Å²) in [6.07, 6.45) is 9.02. The molecule has 1 atom stereocenters. The number of dihydropyridines is 1. The minimum absolute atomic E-state index is 0.117. The second-order valence-corrected chi connectivity index (χ2v) is 4.50. The summed E-state index contributed by atoms with van der Waals surface area (Å²) < 4.78 is 1.72. The average Bonchev–Trinajstić information content (AvgIpc) is 2.93. The molecule has 0 bridgehead atoms. The van der Waals surface area contributed by atoms with Crippen molar-refractivity contribution in [3.05, 3.63) is 48.6 Å². The summed E-state index contributed by atoms with van der Waals surface area (Å²) in [5, 5.41) is 10.3. The van der Waals surface area contributed by atoms with Crippen LogP contribution < -0.4 is 21.9 Å². The maximum Gasteiger partial charge on any atom is 0.228 e. The van der Waals surface area contributed by atoms with Crippen LogP contribution >= 0.6 is 0 Å². The number of aryl methyl sites for hydroxylation is 1. The Bertz CT molecular complexity index is 687. The van der Waals surface area contributed by atoms with E-state index in [4.69, 9.17) is 5.84 Å². The number of nitrogens with zero attached hydrogens (tertiary/aromatic N) is 4. The third-order valence-electron chi connectivity index (χ3n) is 3.08. The van der Waals surface area contributed by atoms with Gasteiger partial charge in [-0.2, -0.15) is 5.10 Å². The molecule has 2 aromatic heterocycles. The molecule has 1 aliphatic heterocycles. The van der Waals surface area contributed by atoms with Gasteiger partial charge in [0.1, 0.15) is 12.0 Å². The van der Waals surface area contributed by atoms with Gasteiger partial charge in [0.05, 0.1) is 11.9 Å². The average molecular weight is 284 g/mol. The van der Waals surface area contributed by atoms with Crippen LogP contribution in [0.2, 0.25) is 0 Å². The van der Waals surface area contributed by atoms with Crippen LogP contribution in [0.15, 0.2) is 42.9 Å².